The molecule has 19 heavy (non-hydrogen) atoms. The maximum Gasteiger partial charge on any atom is 0.138 e. The lowest BCUT2D eigenvalue weighted by atomic mass is 10.1. The van der Waals surface area contributed by atoms with E-state index < -0.39 is 0 Å². The van der Waals surface area contributed by atoms with Crippen LogP contribution in [0.4, 0.5) is 0 Å². The lowest BCUT2D eigenvalue weighted by molar-refractivity contribution is 0.304. The minimum absolute atomic E-state index is 0.150. The Hall–Kier alpha value is -2.62. The summed E-state index contributed by atoms with van der Waals surface area (Å²) in [5, 5.41) is 19.8. The van der Waals surface area contributed by atoms with E-state index in [4.69, 9.17) is 9.15 Å². The van der Waals surface area contributed by atoms with Crippen LogP contribution in [-0.2, 0) is 6.61 Å². The molecule has 0 unspecified atom stereocenters. The minimum atomic E-state index is 0.150. The Morgan fingerprint density at radius 3 is 2.74 bits per heavy atom. The molecule has 3 aromatic rings. The van der Waals surface area contributed by atoms with Gasteiger partial charge in [-0.1, -0.05) is 12.1 Å². The number of furan rings is 1. The number of phenolic OH excluding ortho intramolecular Hbond substituents is 2. The van der Waals surface area contributed by atoms with Gasteiger partial charge >= 0.3 is 0 Å². The van der Waals surface area contributed by atoms with Gasteiger partial charge in [-0.3, -0.25) is 0 Å². The molecular weight excluding hydrogens is 244 g/mol. The molecule has 3 rings (SSSR count). The second-order valence-corrected chi connectivity index (χ2v) is 4.20. The number of fused-ring (bicyclic) bond motifs is 1. The van der Waals surface area contributed by atoms with Crippen LogP contribution in [-0.4, -0.2) is 10.2 Å². The molecule has 0 saturated heterocycles. The zero-order valence-electron chi connectivity index (χ0n) is 10.0. The number of ether oxygens (including phenoxy) is 1. The predicted octanol–water partition coefficient (Wildman–Crippen LogP) is 3.42. The highest BCUT2D eigenvalue weighted by Crippen LogP contribution is 2.30. The lowest BCUT2D eigenvalue weighted by Crippen LogP contribution is -1.94. The summed E-state index contributed by atoms with van der Waals surface area (Å²) in [4.78, 5) is 0. The molecular formula is C15H12O4. The van der Waals surface area contributed by atoms with Crippen molar-refractivity contribution in [3.05, 3.63) is 54.3 Å². The van der Waals surface area contributed by atoms with Gasteiger partial charge in [0.2, 0.25) is 0 Å². The average molecular weight is 256 g/mol. The Bertz CT molecular complexity index is 715. The van der Waals surface area contributed by atoms with Crippen molar-refractivity contribution in [2.24, 2.45) is 0 Å². The van der Waals surface area contributed by atoms with Crippen molar-refractivity contribution in [1.29, 1.82) is 0 Å². The smallest absolute Gasteiger partial charge is 0.138 e. The Balaban J connectivity index is 1.86. The molecule has 2 aromatic carbocycles. The van der Waals surface area contributed by atoms with Crippen molar-refractivity contribution in [2.75, 3.05) is 0 Å². The monoisotopic (exact) mass is 256 g/mol. The van der Waals surface area contributed by atoms with Crippen LogP contribution in [0.15, 0.2) is 53.1 Å². The van der Waals surface area contributed by atoms with Crippen LogP contribution in [0.2, 0.25) is 0 Å². The fourth-order valence-corrected chi connectivity index (χ4v) is 1.97. The number of hydrogen-bond acceptors (Lipinski definition) is 4. The van der Waals surface area contributed by atoms with E-state index in [-0.39, 0.29) is 18.1 Å². The molecule has 4 heteroatoms. The summed E-state index contributed by atoms with van der Waals surface area (Å²) in [5.74, 6) is 0.878. The molecule has 0 aliphatic rings. The third-order valence-electron chi connectivity index (χ3n) is 2.87. The summed E-state index contributed by atoms with van der Waals surface area (Å²) in [6, 6.07) is 11.7. The molecule has 0 bridgehead atoms. The van der Waals surface area contributed by atoms with Crippen LogP contribution >= 0.6 is 0 Å². The number of hydrogen-bond donors (Lipinski definition) is 2. The first-order valence-electron chi connectivity index (χ1n) is 5.84. The first-order valence-corrected chi connectivity index (χ1v) is 5.84. The molecule has 0 fully saturated rings. The molecule has 1 heterocycles. The van der Waals surface area contributed by atoms with Gasteiger partial charge in [-0.15, -0.1) is 0 Å². The van der Waals surface area contributed by atoms with Crippen LogP contribution in [0.3, 0.4) is 0 Å². The minimum Gasteiger partial charge on any atom is -0.508 e. The molecule has 4 nitrogen and oxygen atoms in total. The van der Waals surface area contributed by atoms with E-state index in [1.165, 1.54) is 6.07 Å². The van der Waals surface area contributed by atoms with E-state index in [9.17, 15) is 10.2 Å². The van der Waals surface area contributed by atoms with Crippen molar-refractivity contribution in [1.82, 2.24) is 0 Å². The summed E-state index contributed by atoms with van der Waals surface area (Å²) in [6.07, 6.45) is 1.56. The highest BCUT2D eigenvalue weighted by Gasteiger charge is 2.10. The van der Waals surface area contributed by atoms with Crippen LogP contribution in [0, 0.1) is 0 Å². The van der Waals surface area contributed by atoms with Crippen LogP contribution in [0.25, 0.3) is 11.0 Å². The summed E-state index contributed by atoms with van der Waals surface area (Å²) in [7, 11) is 0. The second-order valence-electron chi connectivity index (χ2n) is 4.20. The maximum atomic E-state index is 9.83. The number of phenols is 2. The highest BCUT2D eigenvalue weighted by molar-refractivity contribution is 5.87. The molecule has 1 aromatic heterocycles. The van der Waals surface area contributed by atoms with Gasteiger partial charge in [-0.25, -0.2) is 0 Å². The largest absolute Gasteiger partial charge is 0.508 e. The Kier molecular flexibility index (Phi) is 2.76. The van der Waals surface area contributed by atoms with Gasteiger partial charge in [0.15, 0.2) is 0 Å². The molecule has 0 aliphatic carbocycles. The van der Waals surface area contributed by atoms with E-state index in [1.54, 1.807) is 42.7 Å². The van der Waals surface area contributed by atoms with Gasteiger partial charge in [0.25, 0.3) is 0 Å². The zero-order valence-corrected chi connectivity index (χ0v) is 10.0. The quantitative estimate of drug-likeness (QED) is 0.753. The maximum absolute atomic E-state index is 9.83. The fourth-order valence-electron chi connectivity index (χ4n) is 1.97. The van der Waals surface area contributed by atoms with Crippen LogP contribution in [0.5, 0.6) is 17.2 Å². The van der Waals surface area contributed by atoms with Gasteiger partial charge in [-0.2, -0.15) is 0 Å². The summed E-state index contributed by atoms with van der Waals surface area (Å²) >= 11 is 0. The molecule has 96 valence electrons. The standard InChI is InChI=1S/C15H12O4/c16-11-3-1-4-12(7-11)18-8-10-9-19-14-6-2-5-13(17)15(10)14/h1-7,9,16-17H,8H2. The Morgan fingerprint density at radius 1 is 1.05 bits per heavy atom. The van der Waals surface area contributed by atoms with Crippen molar-refractivity contribution < 1.29 is 19.4 Å². The Labute approximate surface area is 109 Å². The third kappa shape index (κ3) is 2.20. The SMILES string of the molecule is Oc1cccc(OCc2coc3cccc(O)c23)c1. The molecule has 0 radical (unpaired) electrons. The highest BCUT2D eigenvalue weighted by atomic mass is 16.5. The van der Waals surface area contributed by atoms with Crippen LogP contribution in [0.1, 0.15) is 5.56 Å². The fraction of sp³-hybridized carbons (Fsp3) is 0.0667. The average Bonchev–Trinajstić information content (AvgIpc) is 2.81. The van der Waals surface area contributed by atoms with Gasteiger partial charge in [0.1, 0.15) is 29.4 Å². The number of rotatable bonds is 3. The molecule has 2 N–H and O–H groups in total. The van der Waals surface area contributed by atoms with Gasteiger partial charge in [0, 0.05) is 11.6 Å². The van der Waals surface area contributed by atoms with Crippen molar-refractivity contribution in [3.63, 3.8) is 0 Å². The summed E-state index contributed by atoms with van der Waals surface area (Å²) < 4.78 is 10.9. The molecule has 0 atom stereocenters. The van der Waals surface area contributed by atoms with Crippen molar-refractivity contribution in [2.45, 2.75) is 6.61 Å². The van der Waals surface area contributed by atoms with Gasteiger partial charge in [0.05, 0.1) is 11.6 Å². The van der Waals surface area contributed by atoms with E-state index in [1.807, 2.05) is 0 Å². The molecule has 0 aliphatic heterocycles. The van der Waals surface area contributed by atoms with Gasteiger partial charge < -0.3 is 19.4 Å². The van der Waals surface area contributed by atoms with Crippen molar-refractivity contribution in [3.8, 4) is 17.2 Å². The van der Waals surface area contributed by atoms with E-state index >= 15 is 0 Å². The molecule has 0 saturated carbocycles. The summed E-state index contributed by atoms with van der Waals surface area (Å²) in [6.45, 7) is 0.258. The number of benzene rings is 2. The normalized spacial score (nSPS) is 10.7. The van der Waals surface area contributed by atoms with E-state index in [0.717, 1.165) is 5.56 Å². The lowest BCUT2D eigenvalue weighted by Gasteiger charge is -2.05. The van der Waals surface area contributed by atoms with E-state index in [0.29, 0.717) is 16.7 Å². The van der Waals surface area contributed by atoms with Gasteiger partial charge in [-0.05, 0) is 24.3 Å². The zero-order chi connectivity index (χ0) is 13.2. The number of aromatic hydroxyl groups is 2. The first-order chi connectivity index (χ1) is 9.24. The predicted molar refractivity (Wildman–Crippen MR) is 70.3 cm³/mol. The first kappa shape index (κ1) is 11.5. The Morgan fingerprint density at radius 2 is 1.89 bits per heavy atom. The third-order valence-corrected chi connectivity index (χ3v) is 2.87. The second kappa shape index (κ2) is 4.57. The topological polar surface area (TPSA) is 62.8 Å². The van der Waals surface area contributed by atoms with Crippen LogP contribution < -0.4 is 4.74 Å². The van der Waals surface area contributed by atoms with E-state index in [2.05, 4.69) is 0 Å². The van der Waals surface area contributed by atoms with Crippen molar-refractivity contribution >= 4 is 11.0 Å². The molecule has 0 spiro atoms. The molecule has 0 amide bonds. The summed E-state index contributed by atoms with van der Waals surface area (Å²) in [5.41, 5.74) is 1.38.